The highest BCUT2D eigenvalue weighted by Crippen LogP contribution is 2.23. The highest BCUT2D eigenvalue weighted by Gasteiger charge is 2.06. The van der Waals surface area contributed by atoms with Crippen molar-refractivity contribution in [3.05, 3.63) is 33.3 Å². The third kappa shape index (κ3) is 4.36. The zero-order chi connectivity index (χ0) is 12.0. The maximum absolute atomic E-state index is 11.7. The molecule has 0 aliphatic heterocycles. The van der Waals surface area contributed by atoms with E-state index in [4.69, 9.17) is 11.6 Å². The number of thioether (sulfide) groups is 1. The third-order valence-corrected chi connectivity index (χ3v) is 3.92. The number of hydrogen-bond donors (Lipinski definition) is 1. The molecular weight excluding hydrogens is 310 g/mol. The van der Waals surface area contributed by atoms with Crippen LogP contribution in [0.5, 0.6) is 0 Å². The standard InChI is InChI=1S/C11H13BrClNOS/c1-16-6-2-5-14-11(15)8-3-4-9(12)10(13)7-8/h3-4,7H,2,5-6H2,1H3,(H,14,15). The predicted molar refractivity (Wildman–Crippen MR) is 74.5 cm³/mol. The van der Waals surface area contributed by atoms with Crippen molar-refractivity contribution in [1.29, 1.82) is 0 Å². The van der Waals surface area contributed by atoms with Crippen LogP contribution in [0.2, 0.25) is 5.02 Å². The Hall–Kier alpha value is -0.190. The zero-order valence-corrected chi connectivity index (χ0v) is 12.1. The molecule has 0 aliphatic carbocycles. The normalized spacial score (nSPS) is 10.2. The molecule has 0 aromatic heterocycles. The number of carbonyl (C=O) groups excluding carboxylic acids is 1. The number of nitrogens with one attached hydrogen (secondary N) is 1. The molecular formula is C11H13BrClNOS. The smallest absolute Gasteiger partial charge is 0.251 e. The lowest BCUT2D eigenvalue weighted by Crippen LogP contribution is -2.24. The van der Waals surface area contributed by atoms with E-state index in [-0.39, 0.29) is 5.91 Å². The average molecular weight is 323 g/mol. The second kappa shape index (κ2) is 7.20. The number of benzene rings is 1. The SMILES string of the molecule is CSCCCNC(=O)c1ccc(Br)c(Cl)c1. The summed E-state index contributed by atoms with van der Waals surface area (Å²) in [6.45, 7) is 0.702. The van der Waals surface area contributed by atoms with Crippen LogP contribution in [-0.2, 0) is 0 Å². The molecule has 0 saturated carbocycles. The number of halogens is 2. The minimum absolute atomic E-state index is 0.0736. The summed E-state index contributed by atoms with van der Waals surface area (Å²) >= 11 is 11.0. The van der Waals surface area contributed by atoms with Crippen molar-refractivity contribution in [2.75, 3.05) is 18.6 Å². The van der Waals surface area contributed by atoms with Gasteiger partial charge in [0, 0.05) is 16.6 Å². The van der Waals surface area contributed by atoms with E-state index in [2.05, 4.69) is 27.5 Å². The highest BCUT2D eigenvalue weighted by molar-refractivity contribution is 9.10. The molecule has 16 heavy (non-hydrogen) atoms. The van der Waals surface area contributed by atoms with Gasteiger partial charge >= 0.3 is 0 Å². The van der Waals surface area contributed by atoms with Gasteiger partial charge in [-0.25, -0.2) is 0 Å². The van der Waals surface area contributed by atoms with Crippen molar-refractivity contribution >= 4 is 45.2 Å². The first-order chi connectivity index (χ1) is 7.65. The second-order valence-electron chi connectivity index (χ2n) is 3.23. The van der Waals surface area contributed by atoms with Crippen LogP contribution in [0.25, 0.3) is 0 Å². The Kier molecular flexibility index (Phi) is 6.24. The summed E-state index contributed by atoms with van der Waals surface area (Å²) in [6.07, 6.45) is 3.04. The maximum atomic E-state index is 11.7. The molecule has 1 aromatic carbocycles. The van der Waals surface area contributed by atoms with Crippen LogP contribution < -0.4 is 5.32 Å². The van der Waals surface area contributed by atoms with E-state index >= 15 is 0 Å². The summed E-state index contributed by atoms with van der Waals surface area (Å²) in [6, 6.07) is 5.19. The van der Waals surface area contributed by atoms with Crippen molar-refractivity contribution < 1.29 is 4.79 Å². The molecule has 0 aliphatic rings. The molecule has 5 heteroatoms. The lowest BCUT2D eigenvalue weighted by atomic mass is 10.2. The minimum Gasteiger partial charge on any atom is -0.352 e. The van der Waals surface area contributed by atoms with Crippen molar-refractivity contribution in [3.63, 3.8) is 0 Å². The summed E-state index contributed by atoms with van der Waals surface area (Å²) in [5, 5.41) is 3.41. The third-order valence-electron chi connectivity index (χ3n) is 1.99. The number of amides is 1. The molecule has 1 aromatic rings. The Morgan fingerprint density at radius 3 is 2.94 bits per heavy atom. The van der Waals surface area contributed by atoms with Gasteiger partial charge in [0.2, 0.25) is 0 Å². The maximum Gasteiger partial charge on any atom is 0.251 e. The Balaban J connectivity index is 2.50. The van der Waals surface area contributed by atoms with E-state index in [1.165, 1.54) is 0 Å². The lowest BCUT2D eigenvalue weighted by Gasteiger charge is -2.05. The summed E-state index contributed by atoms with van der Waals surface area (Å²) in [4.78, 5) is 11.7. The molecule has 0 unspecified atom stereocenters. The van der Waals surface area contributed by atoms with Gasteiger partial charge in [-0.2, -0.15) is 11.8 Å². The quantitative estimate of drug-likeness (QED) is 0.840. The van der Waals surface area contributed by atoms with Gasteiger partial charge in [-0.1, -0.05) is 11.6 Å². The number of rotatable bonds is 5. The molecule has 88 valence electrons. The fourth-order valence-electron chi connectivity index (χ4n) is 1.16. The monoisotopic (exact) mass is 321 g/mol. The van der Waals surface area contributed by atoms with Crippen LogP contribution in [0.1, 0.15) is 16.8 Å². The van der Waals surface area contributed by atoms with Gasteiger partial charge in [-0.3, -0.25) is 4.79 Å². The Labute approximate surface area is 113 Å². The first-order valence-electron chi connectivity index (χ1n) is 4.87. The molecule has 2 nitrogen and oxygen atoms in total. The fraction of sp³-hybridized carbons (Fsp3) is 0.364. The van der Waals surface area contributed by atoms with Crippen LogP contribution in [0.3, 0.4) is 0 Å². The van der Waals surface area contributed by atoms with Gasteiger partial charge in [-0.05, 0) is 52.6 Å². The van der Waals surface area contributed by atoms with Gasteiger partial charge in [0.1, 0.15) is 0 Å². The Morgan fingerprint density at radius 2 is 2.31 bits per heavy atom. The number of hydrogen-bond acceptors (Lipinski definition) is 2. The van der Waals surface area contributed by atoms with Crippen LogP contribution >= 0.6 is 39.3 Å². The van der Waals surface area contributed by atoms with Crippen LogP contribution in [0.4, 0.5) is 0 Å². The van der Waals surface area contributed by atoms with Crippen LogP contribution in [0, 0.1) is 0 Å². The van der Waals surface area contributed by atoms with E-state index in [1.54, 1.807) is 30.0 Å². The molecule has 0 atom stereocenters. The van der Waals surface area contributed by atoms with E-state index in [0.717, 1.165) is 16.6 Å². The van der Waals surface area contributed by atoms with Gasteiger partial charge in [0.05, 0.1) is 5.02 Å². The van der Waals surface area contributed by atoms with Crippen molar-refractivity contribution in [3.8, 4) is 0 Å². The van der Waals surface area contributed by atoms with E-state index in [9.17, 15) is 4.79 Å². The molecule has 1 amide bonds. The van der Waals surface area contributed by atoms with E-state index in [0.29, 0.717) is 17.1 Å². The van der Waals surface area contributed by atoms with Gasteiger partial charge in [0.15, 0.2) is 0 Å². The summed E-state index contributed by atoms with van der Waals surface area (Å²) < 4.78 is 0.799. The molecule has 0 radical (unpaired) electrons. The first-order valence-corrected chi connectivity index (χ1v) is 7.44. The topological polar surface area (TPSA) is 29.1 Å². The zero-order valence-electron chi connectivity index (χ0n) is 8.93. The van der Waals surface area contributed by atoms with Crippen LogP contribution in [0.15, 0.2) is 22.7 Å². The summed E-state index contributed by atoms with van der Waals surface area (Å²) in [5.41, 5.74) is 0.595. The van der Waals surface area contributed by atoms with Gasteiger partial charge in [-0.15, -0.1) is 0 Å². The molecule has 0 heterocycles. The van der Waals surface area contributed by atoms with Crippen molar-refractivity contribution in [2.45, 2.75) is 6.42 Å². The molecule has 0 fully saturated rings. The average Bonchev–Trinajstić information content (AvgIpc) is 2.28. The molecule has 1 rings (SSSR count). The predicted octanol–water partition coefficient (Wildman–Crippen LogP) is 3.59. The number of carbonyl (C=O) groups is 1. The van der Waals surface area contributed by atoms with E-state index in [1.807, 2.05) is 0 Å². The molecule has 0 saturated heterocycles. The second-order valence-corrected chi connectivity index (χ2v) is 5.48. The largest absolute Gasteiger partial charge is 0.352 e. The lowest BCUT2D eigenvalue weighted by molar-refractivity contribution is 0.0954. The van der Waals surface area contributed by atoms with E-state index < -0.39 is 0 Å². The minimum atomic E-state index is -0.0736. The van der Waals surface area contributed by atoms with Gasteiger partial charge < -0.3 is 5.32 Å². The summed E-state index contributed by atoms with van der Waals surface area (Å²) in [5.74, 6) is 0.983. The molecule has 0 spiro atoms. The molecule has 0 bridgehead atoms. The van der Waals surface area contributed by atoms with Crippen LogP contribution in [-0.4, -0.2) is 24.5 Å². The highest BCUT2D eigenvalue weighted by atomic mass is 79.9. The summed E-state index contributed by atoms with van der Waals surface area (Å²) in [7, 11) is 0. The van der Waals surface area contributed by atoms with Crippen molar-refractivity contribution in [1.82, 2.24) is 5.32 Å². The molecule has 1 N–H and O–H groups in total. The fourth-order valence-corrected chi connectivity index (χ4v) is 2.02. The van der Waals surface area contributed by atoms with Gasteiger partial charge in [0.25, 0.3) is 5.91 Å². The Morgan fingerprint density at radius 1 is 1.56 bits per heavy atom. The van der Waals surface area contributed by atoms with Crippen molar-refractivity contribution in [2.24, 2.45) is 0 Å². The Bertz CT molecular complexity index is 373. The first kappa shape index (κ1) is 13.9.